The fraction of sp³-hybridized carbons (Fsp3) is 0.0909. The summed E-state index contributed by atoms with van der Waals surface area (Å²) in [4.78, 5) is 14.5. The number of aromatic nitrogens is 1. The number of carbonyl (C=O) groups is 1. The van der Waals surface area contributed by atoms with E-state index in [-0.39, 0.29) is 12.2 Å². The van der Waals surface area contributed by atoms with Crippen LogP contribution in [0.25, 0.3) is 10.9 Å². The second-order valence-corrected chi connectivity index (χ2v) is 3.59. The summed E-state index contributed by atoms with van der Waals surface area (Å²) in [5, 5.41) is 9.87. The first-order valence-electron chi connectivity index (χ1n) is 4.39. The van der Waals surface area contributed by atoms with Crippen molar-refractivity contribution in [1.29, 1.82) is 5.26 Å². The van der Waals surface area contributed by atoms with E-state index in [1.54, 1.807) is 24.4 Å². The fourth-order valence-electron chi connectivity index (χ4n) is 1.50. The minimum Gasteiger partial charge on any atom is -0.360 e. The molecule has 2 rings (SSSR count). The van der Waals surface area contributed by atoms with E-state index in [1.165, 1.54) is 0 Å². The molecule has 1 heterocycles. The van der Waals surface area contributed by atoms with Crippen LogP contribution in [0, 0.1) is 11.3 Å². The van der Waals surface area contributed by atoms with Gasteiger partial charge in [-0.2, -0.15) is 5.26 Å². The number of H-pyrrole nitrogens is 1. The van der Waals surface area contributed by atoms with Gasteiger partial charge in [0, 0.05) is 27.7 Å². The summed E-state index contributed by atoms with van der Waals surface area (Å²) >= 11 is 5.81. The molecule has 0 spiro atoms. The van der Waals surface area contributed by atoms with Crippen LogP contribution < -0.4 is 0 Å². The molecule has 15 heavy (non-hydrogen) atoms. The third-order valence-electron chi connectivity index (χ3n) is 2.18. The van der Waals surface area contributed by atoms with Crippen molar-refractivity contribution in [2.24, 2.45) is 0 Å². The predicted molar refractivity (Wildman–Crippen MR) is 57.9 cm³/mol. The van der Waals surface area contributed by atoms with Crippen molar-refractivity contribution < 1.29 is 4.79 Å². The number of hydrogen-bond acceptors (Lipinski definition) is 2. The van der Waals surface area contributed by atoms with Gasteiger partial charge in [-0.15, -0.1) is 0 Å². The van der Waals surface area contributed by atoms with E-state index in [1.807, 2.05) is 6.07 Å². The average molecular weight is 219 g/mol. The molecule has 0 bridgehead atoms. The van der Waals surface area contributed by atoms with Crippen LogP contribution in [0.15, 0.2) is 24.4 Å². The largest absolute Gasteiger partial charge is 0.360 e. The first-order valence-corrected chi connectivity index (χ1v) is 4.77. The van der Waals surface area contributed by atoms with Crippen molar-refractivity contribution in [3.05, 3.63) is 35.0 Å². The van der Waals surface area contributed by atoms with E-state index in [0.29, 0.717) is 10.6 Å². The molecule has 1 aromatic heterocycles. The summed E-state index contributed by atoms with van der Waals surface area (Å²) in [5.74, 6) is -0.175. The number of carbonyl (C=O) groups excluding carboxylic acids is 1. The van der Waals surface area contributed by atoms with Crippen LogP contribution >= 0.6 is 11.6 Å². The van der Waals surface area contributed by atoms with Crippen LogP contribution in [0.1, 0.15) is 16.8 Å². The third-order valence-corrected chi connectivity index (χ3v) is 2.42. The number of benzene rings is 1. The van der Waals surface area contributed by atoms with Crippen LogP contribution in [-0.2, 0) is 0 Å². The zero-order valence-electron chi connectivity index (χ0n) is 7.75. The second-order valence-electron chi connectivity index (χ2n) is 3.15. The highest BCUT2D eigenvalue weighted by Gasteiger charge is 2.11. The number of nitrogens with one attached hydrogen (secondary N) is 1. The van der Waals surface area contributed by atoms with Crippen molar-refractivity contribution in [2.75, 3.05) is 0 Å². The molecule has 3 nitrogen and oxygen atoms in total. The number of Topliss-reactive ketones (excluding diaryl/α,β-unsaturated/α-hetero) is 1. The van der Waals surface area contributed by atoms with Crippen LogP contribution in [0.4, 0.5) is 0 Å². The highest BCUT2D eigenvalue weighted by molar-refractivity contribution is 6.31. The summed E-state index contributed by atoms with van der Waals surface area (Å²) < 4.78 is 0. The smallest absolute Gasteiger partial charge is 0.179 e. The molecule has 0 fully saturated rings. The minimum absolute atomic E-state index is 0.102. The summed E-state index contributed by atoms with van der Waals surface area (Å²) in [5.41, 5.74) is 1.35. The predicted octanol–water partition coefficient (Wildman–Crippen LogP) is 2.92. The number of ketones is 1. The third kappa shape index (κ3) is 1.72. The summed E-state index contributed by atoms with van der Waals surface area (Å²) in [6.07, 6.45) is 1.51. The number of nitrogens with zero attached hydrogens (tertiary/aromatic N) is 1. The first kappa shape index (κ1) is 9.75. The highest BCUT2D eigenvalue weighted by Crippen LogP contribution is 2.22. The lowest BCUT2D eigenvalue weighted by atomic mass is 10.1. The highest BCUT2D eigenvalue weighted by atomic mass is 35.5. The van der Waals surface area contributed by atoms with Crippen LogP contribution in [0.5, 0.6) is 0 Å². The van der Waals surface area contributed by atoms with Gasteiger partial charge in [0.2, 0.25) is 0 Å². The zero-order valence-corrected chi connectivity index (χ0v) is 8.51. The molecule has 2 aromatic rings. The van der Waals surface area contributed by atoms with Gasteiger partial charge in [-0.3, -0.25) is 4.79 Å². The Morgan fingerprint density at radius 2 is 2.33 bits per heavy atom. The molecule has 4 heteroatoms. The summed E-state index contributed by atoms with van der Waals surface area (Å²) in [7, 11) is 0. The van der Waals surface area contributed by atoms with Crippen LogP contribution in [0.3, 0.4) is 0 Å². The van der Waals surface area contributed by atoms with Gasteiger partial charge in [0.05, 0.1) is 12.5 Å². The van der Waals surface area contributed by atoms with Crippen molar-refractivity contribution >= 4 is 28.3 Å². The lowest BCUT2D eigenvalue weighted by Gasteiger charge is -1.94. The average Bonchev–Trinajstić information content (AvgIpc) is 2.60. The Kier molecular flexibility index (Phi) is 2.44. The lowest BCUT2D eigenvalue weighted by molar-refractivity contribution is 0.0999. The van der Waals surface area contributed by atoms with Crippen molar-refractivity contribution in [2.45, 2.75) is 6.42 Å². The molecular weight excluding hydrogens is 212 g/mol. The Morgan fingerprint density at radius 1 is 1.53 bits per heavy atom. The lowest BCUT2D eigenvalue weighted by Crippen LogP contribution is -1.95. The van der Waals surface area contributed by atoms with Crippen LogP contribution in [-0.4, -0.2) is 10.8 Å². The number of rotatable bonds is 2. The van der Waals surface area contributed by atoms with E-state index in [0.717, 1.165) is 10.9 Å². The fourth-order valence-corrected chi connectivity index (χ4v) is 1.67. The van der Waals surface area contributed by atoms with Gasteiger partial charge in [-0.1, -0.05) is 17.7 Å². The van der Waals surface area contributed by atoms with E-state index in [2.05, 4.69) is 4.98 Å². The Hall–Kier alpha value is -1.79. The Labute approximate surface area is 91.3 Å². The maximum Gasteiger partial charge on any atom is 0.179 e. The minimum atomic E-state index is -0.175. The van der Waals surface area contributed by atoms with Crippen molar-refractivity contribution in [3.63, 3.8) is 0 Å². The van der Waals surface area contributed by atoms with Gasteiger partial charge >= 0.3 is 0 Å². The number of fused-ring (bicyclic) bond motifs is 1. The van der Waals surface area contributed by atoms with Gasteiger partial charge in [-0.25, -0.2) is 0 Å². The first-order chi connectivity index (χ1) is 7.22. The topological polar surface area (TPSA) is 56.6 Å². The molecule has 0 unspecified atom stereocenters. The molecule has 0 aliphatic rings. The van der Waals surface area contributed by atoms with Crippen molar-refractivity contribution in [3.8, 4) is 6.07 Å². The number of nitriles is 1. The Bertz CT molecular complexity index is 565. The van der Waals surface area contributed by atoms with E-state index < -0.39 is 0 Å². The standard InChI is InChI=1S/C11H7ClN2O/c12-7-1-2-8-9(11(15)3-4-13)6-14-10(8)5-7/h1-2,5-6,14H,3H2. The zero-order chi connectivity index (χ0) is 10.8. The number of aromatic amines is 1. The van der Waals surface area contributed by atoms with Crippen LogP contribution in [0.2, 0.25) is 5.02 Å². The number of hydrogen-bond donors (Lipinski definition) is 1. The van der Waals surface area contributed by atoms with E-state index in [4.69, 9.17) is 16.9 Å². The summed E-state index contributed by atoms with van der Waals surface area (Å²) in [6, 6.07) is 7.09. The van der Waals surface area contributed by atoms with Gasteiger partial charge in [-0.05, 0) is 12.1 Å². The molecule has 0 saturated carbocycles. The molecule has 1 aromatic carbocycles. The molecular formula is C11H7ClN2O. The quantitative estimate of drug-likeness (QED) is 0.788. The maximum absolute atomic E-state index is 11.5. The molecule has 0 amide bonds. The second kappa shape index (κ2) is 3.76. The van der Waals surface area contributed by atoms with Gasteiger partial charge in [0.1, 0.15) is 0 Å². The molecule has 0 radical (unpaired) electrons. The molecule has 0 saturated heterocycles. The van der Waals surface area contributed by atoms with E-state index >= 15 is 0 Å². The molecule has 1 N–H and O–H groups in total. The van der Waals surface area contributed by atoms with Crippen molar-refractivity contribution in [1.82, 2.24) is 4.98 Å². The van der Waals surface area contributed by atoms with Gasteiger partial charge in [0.25, 0.3) is 0 Å². The number of halogens is 1. The summed E-state index contributed by atoms with van der Waals surface area (Å²) in [6.45, 7) is 0. The molecule has 74 valence electrons. The molecule has 0 atom stereocenters. The Morgan fingerprint density at radius 3 is 3.07 bits per heavy atom. The van der Waals surface area contributed by atoms with Gasteiger partial charge < -0.3 is 4.98 Å². The Balaban J connectivity index is 2.55. The normalized spacial score (nSPS) is 10.1. The molecule has 0 aliphatic carbocycles. The maximum atomic E-state index is 11.5. The SMILES string of the molecule is N#CCC(=O)c1c[nH]c2cc(Cl)ccc12. The van der Waals surface area contributed by atoms with E-state index in [9.17, 15) is 4.79 Å². The van der Waals surface area contributed by atoms with Gasteiger partial charge in [0.15, 0.2) is 5.78 Å². The monoisotopic (exact) mass is 218 g/mol. The molecule has 0 aliphatic heterocycles.